The van der Waals surface area contributed by atoms with Crippen molar-refractivity contribution in [2.24, 2.45) is 0 Å². The average molecular weight is 549 g/mol. The van der Waals surface area contributed by atoms with E-state index >= 15 is 0 Å². The number of esters is 2. The Balaban J connectivity index is 1.74. The van der Waals surface area contributed by atoms with Crippen LogP contribution in [0.4, 0.5) is 0 Å². The van der Waals surface area contributed by atoms with Gasteiger partial charge in [-0.3, -0.25) is 4.79 Å². The molecule has 0 unspecified atom stereocenters. The molecule has 0 fully saturated rings. The molecule has 40 heavy (non-hydrogen) atoms. The number of benzene rings is 2. The van der Waals surface area contributed by atoms with E-state index in [1.165, 1.54) is 6.07 Å². The largest absolute Gasteiger partial charge is 0.507 e. The molecule has 10 heteroatoms. The van der Waals surface area contributed by atoms with E-state index < -0.39 is 52.6 Å². The minimum Gasteiger partial charge on any atom is -0.507 e. The first-order valence-electron chi connectivity index (χ1n) is 13.0. The molecule has 5 rings (SSSR count). The molecule has 0 saturated carbocycles. The quantitative estimate of drug-likeness (QED) is 0.142. The zero-order valence-electron chi connectivity index (χ0n) is 21.7. The lowest BCUT2D eigenvalue weighted by Crippen LogP contribution is -2.25. The fraction of sp³-hybridized carbons (Fsp3) is 0.300. The van der Waals surface area contributed by atoms with Crippen molar-refractivity contribution in [2.75, 3.05) is 0 Å². The molecule has 0 saturated heterocycles. The maximum atomic E-state index is 13.5. The highest BCUT2D eigenvalue weighted by molar-refractivity contribution is 6.44. The average Bonchev–Trinajstić information content (AvgIpc) is 2.87. The monoisotopic (exact) mass is 548 g/mol. The number of rotatable bonds is 6. The molecule has 2 heterocycles. The minimum absolute atomic E-state index is 0.0137. The summed E-state index contributed by atoms with van der Waals surface area (Å²) in [5.74, 6) is -6.02. The van der Waals surface area contributed by atoms with Crippen molar-refractivity contribution in [1.82, 2.24) is 0 Å². The van der Waals surface area contributed by atoms with E-state index in [1.54, 1.807) is 0 Å². The number of aliphatic hydroxyl groups is 1. The Morgan fingerprint density at radius 2 is 1.57 bits per heavy atom. The SMILES string of the molecule is C=C1Cc2cc3c(c(O)c2C(=O)O1)C(O)=CC(=O)/C3=C1/C(=O)O[C@H](CCCCCCC)c2c1cc(O)c(O)c2O. The van der Waals surface area contributed by atoms with Gasteiger partial charge in [-0.15, -0.1) is 0 Å². The van der Waals surface area contributed by atoms with Gasteiger partial charge >= 0.3 is 11.9 Å². The number of hydrogen-bond donors (Lipinski definition) is 5. The molecule has 2 aromatic carbocycles. The molecular formula is C30H28O10. The van der Waals surface area contributed by atoms with Crippen molar-refractivity contribution in [3.05, 3.63) is 63.9 Å². The smallest absolute Gasteiger partial charge is 0.347 e. The summed E-state index contributed by atoms with van der Waals surface area (Å²) >= 11 is 0. The van der Waals surface area contributed by atoms with E-state index in [0.717, 1.165) is 37.8 Å². The van der Waals surface area contributed by atoms with Gasteiger partial charge in [0.15, 0.2) is 17.3 Å². The maximum Gasteiger partial charge on any atom is 0.347 e. The number of hydrogen-bond acceptors (Lipinski definition) is 10. The van der Waals surface area contributed by atoms with Crippen molar-refractivity contribution < 1.29 is 49.4 Å². The molecule has 1 aliphatic carbocycles. The second-order valence-electron chi connectivity index (χ2n) is 10.1. The van der Waals surface area contributed by atoms with Gasteiger partial charge in [0.05, 0.1) is 11.1 Å². The summed E-state index contributed by atoms with van der Waals surface area (Å²) in [6.07, 6.45) is 4.73. The van der Waals surface area contributed by atoms with Gasteiger partial charge in [-0.05, 0) is 30.5 Å². The van der Waals surface area contributed by atoms with Gasteiger partial charge in [-0.25, -0.2) is 9.59 Å². The minimum atomic E-state index is -0.961. The van der Waals surface area contributed by atoms with Crippen molar-refractivity contribution in [1.29, 1.82) is 0 Å². The number of fused-ring (bicyclic) bond motifs is 3. The third kappa shape index (κ3) is 4.25. The molecule has 3 aliphatic rings. The van der Waals surface area contributed by atoms with E-state index in [-0.39, 0.29) is 56.7 Å². The van der Waals surface area contributed by atoms with E-state index in [2.05, 4.69) is 13.5 Å². The highest BCUT2D eigenvalue weighted by Crippen LogP contribution is 2.52. The Kier molecular flexibility index (Phi) is 6.79. The summed E-state index contributed by atoms with van der Waals surface area (Å²) in [5.41, 5.74) is -0.921. The van der Waals surface area contributed by atoms with Gasteiger partial charge in [-0.2, -0.15) is 0 Å². The van der Waals surface area contributed by atoms with Crippen molar-refractivity contribution in [3.63, 3.8) is 0 Å². The van der Waals surface area contributed by atoms with Crippen LogP contribution >= 0.6 is 0 Å². The van der Waals surface area contributed by atoms with Gasteiger partial charge in [0.25, 0.3) is 0 Å². The van der Waals surface area contributed by atoms with E-state index in [4.69, 9.17) is 9.47 Å². The molecule has 5 N–H and O–H groups in total. The number of aromatic hydroxyl groups is 4. The fourth-order valence-electron chi connectivity index (χ4n) is 5.56. The second kappa shape index (κ2) is 10.1. The summed E-state index contributed by atoms with van der Waals surface area (Å²) in [4.78, 5) is 39.4. The topological polar surface area (TPSA) is 171 Å². The Bertz CT molecular complexity index is 1560. The number of carbonyl (C=O) groups is 3. The number of carbonyl (C=O) groups excluding carboxylic acids is 3. The van der Waals surface area contributed by atoms with Gasteiger partial charge in [0, 0.05) is 34.8 Å². The van der Waals surface area contributed by atoms with E-state index in [9.17, 15) is 39.9 Å². The molecule has 0 radical (unpaired) electrons. The molecule has 208 valence electrons. The standard InChI is InChI=1S/C30H28O10/c1-3-4-5-6-7-8-20-24-16(11-19(33)26(34)28(24)36)25(30(38)40-20)22-15-10-14-9-13(2)39-29(37)21(14)27(35)23(15)18(32)12-17(22)31/h10-12,20,32-36H,2-9H2,1H3/b25-22+/t20-/m1/s1. The van der Waals surface area contributed by atoms with Crippen LogP contribution in [0.3, 0.4) is 0 Å². The predicted octanol–water partition coefficient (Wildman–Crippen LogP) is 5.09. The van der Waals surface area contributed by atoms with Crippen LogP contribution in [-0.4, -0.2) is 43.3 Å². The molecule has 0 bridgehead atoms. The van der Waals surface area contributed by atoms with Crippen LogP contribution in [0, 0.1) is 0 Å². The number of allylic oxidation sites excluding steroid dienone is 3. The highest BCUT2D eigenvalue weighted by Gasteiger charge is 2.41. The van der Waals surface area contributed by atoms with Crippen LogP contribution in [0.2, 0.25) is 0 Å². The van der Waals surface area contributed by atoms with Crippen molar-refractivity contribution >= 4 is 34.6 Å². The number of ketones is 1. The molecule has 0 aromatic heterocycles. The Morgan fingerprint density at radius 3 is 2.30 bits per heavy atom. The van der Waals surface area contributed by atoms with E-state index in [0.29, 0.717) is 12.8 Å². The number of aliphatic hydroxyl groups excluding tert-OH is 1. The van der Waals surface area contributed by atoms with E-state index in [1.807, 2.05) is 0 Å². The van der Waals surface area contributed by atoms with Crippen LogP contribution in [0.25, 0.3) is 16.9 Å². The number of phenolic OH excluding ortho intramolecular Hbond substituents is 4. The lowest BCUT2D eigenvalue weighted by atomic mass is 9.79. The number of phenols is 4. The van der Waals surface area contributed by atoms with Crippen LogP contribution in [0.15, 0.2) is 30.5 Å². The van der Waals surface area contributed by atoms with Crippen LogP contribution in [0.5, 0.6) is 23.0 Å². The molecule has 0 amide bonds. The second-order valence-corrected chi connectivity index (χ2v) is 10.1. The van der Waals surface area contributed by atoms with Gasteiger partial charge < -0.3 is 35.0 Å². The third-order valence-electron chi connectivity index (χ3n) is 7.41. The molecule has 1 atom stereocenters. The summed E-state index contributed by atoms with van der Waals surface area (Å²) in [7, 11) is 0. The maximum absolute atomic E-state index is 13.5. The normalized spacial score (nSPS) is 19.8. The summed E-state index contributed by atoms with van der Waals surface area (Å²) in [5, 5.41) is 53.1. The Labute approximate surface area is 229 Å². The number of unbranched alkanes of at least 4 members (excludes halogenated alkanes) is 4. The lowest BCUT2D eigenvalue weighted by molar-refractivity contribution is -0.143. The Morgan fingerprint density at radius 1 is 0.850 bits per heavy atom. The molecule has 2 aromatic rings. The molecular weight excluding hydrogens is 520 g/mol. The third-order valence-corrected chi connectivity index (χ3v) is 7.41. The van der Waals surface area contributed by atoms with Gasteiger partial charge in [-0.1, -0.05) is 39.2 Å². The van der Waals surface area contributed by atoms with Crippen LogP contribution in [0.1, 0.15) is 89.7 Å². The zero-order chi connectivity index (χ0) is 28.9. The first-order chi connectivity index (χ1) is 19.0. The number of ether oxygens (including phenoxy) is 2. The fourth-order valence-corrected chi connectivity index (χ4v) is 5.56. The van der Waals surface area contributed by atoms with Gasteiger partial charge in [0.1, 0.15) is 28.9 Å². The number of cyclic esters (lactones) is 2. The van der Waals surface area contributed by atoms with Crippen LogP contribution in [-0.2, 0) is 25.5 Å². The van der Waals surface area contributed by atoms with Crippen LogP contribution < -0.4 is 0 Å². The first kappa shape index (κ1) is 26.9. The molecule has 10 nitrogen and oxygen atoms in total. The predicted molar refractivity (Wildman–Crippen MR) is 142 cm³/mol. The molecule has 0 spiro atoms. The first-order valence-corrected chi connectivity index (χ1v) is 13.0. The molecule has 2 aliphatic heterocycles. The zero-order valence-corrected chi connectivity index (χ0v) is 21.7. The summed E-state index contributed by atoms with van der Waals surface area (Å²) in [6, 6.07) is 2.45. The Hall–Kier alpha value is -4.73. The van der Waals surface area contributed by atoms with Gasteiger partial charge in [0.2, 0.25) is 5.75 Å². The van der Waals surface area contributed by atoms with Crippen molar-refractivity contribution in [2.45, 2.75) is 58.0 Å². The lowest BCUT2D eigenvalue weighted by Gasteiger charge is -2.31. The summed E-state index contributed by atoms with van der Waals surface area (Å²) < 4.78 is 10.7. The summed E-state index contributed by atoms with van der Waals surface area (Å²) in [6.45, 7) is 5.73. The highest BCUT2D eigenvalue weighted by atomic mass is 16.5. The van der Waals surface area contributed by atoms with Crippen molar-refractivity contribution in [3.8, 4) is 23.0 Å².